The topological polar surface area (TPSA) is 84.2 Å². The molecule has 108 valence electrons. The first-order valence-corrected chi connectivity index (χ1v) is 5.88. The molecule has 2 rings (SSSR count). The Kier molecular flexibility index (Phi) is 4.13. The lowest BCUT2D eigenvalue weighted by molar-refractivity contribution is 0.102. The number of hydrogen-bond acceptors (Lipinski definition) is 2. The van der Waals surface area contributed by atoms with Gasteiger partial charge in [-0.05, 0) is 36.4 Å². The monoisotopic (exact) mass is 291 g/mol. The van der Waals surface area contributed by atoms with E-state index in [9.17, 15) is 18.4 Å². The molecule has 0 aromatic heterocycles. The maximum absolute atomic E-state index is 13.5. The van der Waals surface area contributed by atoms with Crippen molar-refractivity contribution in [2.24, 2.45) is 5.73 Å². The third-order valence-electron chi connectivity index (χ3n) is 2.56. The number of carbonyl (C=O) groups excluding carboxylic acids is 2. The Morgan fingerprint density at radius 3 is 2.29 bits per heavy atom. The van der Waals surface area contributed by atoms with Crippen LogP contribution in [0.4, 0.5) is 25.0 Å². The number of hydrogen-bond donors (Lipinski definition) is 3. The van der Waals surface area contributed by atoms with Crippen LogP contribution < -0.4 is 16.4 Å². The summed E-state index contributed by atoms with van der Waals surface area (Å²) in [4.78, 5) is 22.6. The first-order valence-electron chi connectivity index (χ1n) is 5.88. The summed E-state index contributed by atoms with van der Waals surface area (Å²) in [5.41, 5.74) is 5.22. The van der Waals surface area contributed by atoms with Crippen molar-refractivity contribution >= 4 is 23.3 Å². The van der Waals surface area contributed by atoms with Crippen molar-refractivity contribution in [3.8, 4) is 0 Å². The number of benzene rings is 2. The Labute approximate surface area is 118 Å². The molecule has 4 N–H and O–H groups in total. The average Bonchev–Trinajstić information content (AvgIpc) is 2.41. The van der Waals surface area contributed by atoms with E-state index in [1.54, 1.807) is 12.1 Å². The second kappa shape index (κ2) is 6.00. The number of urea groups is 1. The highest BCUT2D eigenvalue weighted by Gasteiger charge is 2.13. The molecule has 0 aliphatic rings. The SMILES string of the molecule is NC(=O)Nc1cccc(NC(=O)c2cc(F)ccc2F)c1. The fourth-order valence-corrected chi connectivity index (χ4v) is 1.69. The predicted octanol–water partition coefficient (Wildman–Crippen LogP) is 2.71. The maximum atomic E-state index is 13.5. The number of halogens is 2. The third kappa shape index (κ3) is 3.75. The zero-order chi connectivity index (χ0) is 15.4. The van der Waals surface area contributed by atoms with Crippen LogP contribution in [0.1, 0.15) is 10.4 Å². The van der Waals surface area contributed by atoms with Crippen LogP contribution in [0.15, 0.2) is 42.5 Å². The standard InChI is InChI=1S/C14H11F2N3O2/c15-8-4-5-12(16)11(6-8)13(20)18-9-2-1-3-10(7-9)19-14(17)21/h1-7H,(H,18,20)(H3,17,19,21). The van der Waals surface area contributed by atoms with Gasteiger partial charge in [-0.3, -0.25) is 4.79 Å². The van der Waals surface area contributed by atoms with Gasteiger partial charge in [-0.15, -0.1) is 0 Å². The fourth-order valence-electron chi connectivity index (χ4n) is 1.69. The Morgan fingerprint density at radius 1 is 0.952 bits per heavy atom. The molecule has 0 heterocycles. The van der Waals surface area contributed by atoms with Crippen LogP contribution in [-0.4, -0.2) is 11.9 Å². The summed E-state index contributed by atoms with van der Waals surface area (Å²) in [5.74, 6) is -2.35. The quantitative estimate of drug-likeness (QED) is 0.812. The van der Waals surface area contributed by atoms with Crippen LogP contribution in [0.25, 0.3) is 0 Å². The van der Waals surface area contributed by atoms with E-state index in [-0.39, 0.29) is 0 Å². The largest absolute Gasteiger partial charge is 0.351 e. The van der Waals surface area contributed by atoms with Crippen LogP contribution in [-0.2, 0) is 0 Å². The molecule has 0 saturated heterocycles. The van der Waals surface area contributed by atoms with Crippen molar-refractivity contribution < 1.29 is 18.4 Å². The van der Waals surface area contributed by atoms with Crippen molar-refractivity contribution in [2.45, 2.75) is 0 Å². The molecule has 0 fully saturated rings. The van der Waals surface area contributed by atoms with Gasteiger partial charge in [0.15, 0.2) is 0 Å². The van der Waals surface area contributed by atoms with E-state index in [0.717, 1.165) is 18.2 Å². The number of primary amides is 1. The molecule has 0 unspecified atom stereocenters. The van der Waals surface area contributed by atoms with Crippen molar-refractivity contribution in [1.82, 2.24) is 0 Å². The normalized spacial score (nSPS) is 10.0. The summed E-state index contributed by atoms with van der Waals surface area (Å²) in [6.07, 6.45) is 0. The van der Waals surface area contributed by atoms with Crippen LogP contribution in [0.3, 0.4) is 0 Å². The van der Waals surface area contributed by atoms with Gasteiger partial charge in [-0.25, -0.2) is 13.6 Å². The van der Waals surface area contributed by atoms with Crippen LogP contribution >= 0.6 is 0 Å². The first-order chi connectivity index (χ1) is 9.95. The van der Waals surface area contributed by atoms with Gasteiger partial charge in [0.25, 0.3) is 5.91 Å². The lowest BCUT2D eigenvalue weighted by Crippen LogP contribution is -2.19. The third-order valence-corrected chi connectivity index (χ3v) is 2.56. The summed E-state index contributed by atoms with van der Waals surface area (Å²) in [6.45, 7) is 0. The van der Waals surface area contributed by atoms with E-state index < -0.39 is 29.1 Å². The molecule has 0 aliphatic carbocycles. The van der Waals surface area contributed by atoms with Crippen molar-refractivity contribution in [1.29, 1.82) is 0 Å². The second-order valence-corrected chi connectivity index (χ2v) is 4.15. The highest BCUT2D eigenvalue weighted by Crippen LogP contribution is 2.17. The molecule has 0 aliphatic heterocycles. The van der Waals surface area contributed by atoms with Gasteiger partial charge in [-0.1, -0.05) is 6.07 Å². The van der Waals surface area contributed by atoms with E-state index in [1.165, 1.54) is 12.1 Å². The molecular weight excluding hydrogens is 280 g/mol. The molecule has 0 saturated carbocycles. The number of anilines is 2. The number of carbonyl (C=O) groups is 2. The molecule has 0 atom stereocenters. The zero-order valence-corrected chi connectivity index (χ0v) is 10.7. The van der Waals surface area contributed by atoms with Crippen LogP contribution in [0, 0.1) is 11.6 Å². The van der Waals surface area contributed by atoms with Crippen LogP contribution in [0.2, 0.25) is 0 Å². The van der Waals surface area contributed by atoms with Crippen molar-refractivity contribution in [3.63, 3.8) is 0 Å². The molecule has 0 bridgehead atoms. The first kappa shape index (κ1) is 14.4. The molecule has 3 amide bonds. The molecule has 5 nitrogen and oxygen atoms in total. The zero-order valence-electron chi connectivity index (χ0n) is 10.7. The maximum Gasteiger partial charge on any atom is 0.316 e. The minimum absolute atomic E-state index is 0.301. The van der Waals surface area contributed by atoms with Crippen molar-refractivity contribution in [2.75, 3.05) is 10.6 Å². The van der Waals surface area contributed by atoms with Crippen LogP contribution in [0.5, 0.6) is 0 Å². The highest BCUT2D eigenvalue weighted by atomic mass is 19.1. The summed E-state index contributed by atoms with van der Waals surface area (Å²) in [5, 5.41) is 4.73. The van der Waals surface area contributed by atoms with Gasteiger partial charge in [0.2, 0.25) is 0 Å². The summed E-state index contributed by atoms with van der Waals surface area (Å²) in [7, 11) is 0. The average molecular weight is 291 g/mol. The number of rotatable bonds is 3. The van der Waals surface area contributed by atoms with E-state index in [0.29, 0.717) is 11.4 Å². The van der Waals surface area contributed by atoms with Gasteiger partial charge >= 0.3 is 6.03 Å². The lowest BCUT2D eigenvalue weighted by atomic mass is 10.2. The van der Waals surface area contributed by atoms with E-state index in [4.69, 9.17) is 5.73 Å². The van der Waals surface area contributed by atoms with Crippen molar-refractivity contribution in [3.05, 3.63) is 59.7 Å². The summed E-state index contributed by atoms with van der Waals surface area (Å²) in [6, 6.07) is 7.91. The Bertz CT molecular complexity index is 704. The van der Waals surface area contributed by atoms with Gasteiger partial charge in [0, 0.05) is 11.4 Å². The predicted molar refractivity (Wildman–Crippen MR) is 74.0 cm³/mol. The van der Waals surface area contributed by atoms with Gasteiger partial charge < -0.3 is 16.4 Å². The van der Waals surface area contributed by atoms with Gasteiger partial charge in [0.1, 0.15) is 11.6 Å². The second-order valence-electron chi connectivity index (χ2n) is 4.15. The fraction of sp³-hybridized carbons (Fsp3) is 0. The summed E-state index contributed by atoms with van der Waals surface area (Å²) >= 11 is 0. The van der Waals surface area contributed by atoms with E-state index >= 15 is 0 Å². The smallest absolute Gasteiger partial charge is 0.316 e. The number of nitrogens with two attached hydrogens (primary N) is 1. The number of nitrogens with one attached hydrogen (secondary N) is 2. The number of amides is 3. The van der Waals surface area contributed by atoms with Gasteiger partial charge in [0.05, 0.1) is 5.56 Å². The van der Waals surface area contributed by atoms with E-state index in [2.05, 4.69) is 10.6 Å². The molecule has 0 spiro atoms. The molecular formula is C14H11F2N3O2. The molecule has 2 aromatic rings. The molecule has 7 heteroatoms. The van der Waals surface area contributed by atoms with E-state index in [1.807, 2.05) is 0 Å². The minimum atomic E-state index is -0.833. The molecule has 0 radical (unpaired) electrons. The minimum Gasteiger partial charge on any atom is -0.351 e. The van der Waals surface area contributed by atoms with Gasteiger partial charge in [-0.2, -0.15) is 0 Å². The Hall–Kier alpha value is -2.96. The Balaban J connectivity index is 2.19. The molecule has 2 aromatic carbocycles. The Morgan fingerprint density at radius 2 is 1.62 bits per heavy atom. The lowest BCUT2D eigenvalue weighted by Gasteiger charge is -2.08. The highest BCUT2D eigenvalue weighted by molar-refractivity contribution is 6.04. The summed E-state index contributed by atoms with van der Waals surface area (Å²) < 4.78 is 26.5. The molecule has 21 heavy (non-hydrogen) atoms.